The van der Waals surface area contributed by atoms with Gasteiger partial charge >= 0.3 is 0 Å². The summed E-state index contributed by atoms with van der Waals surface area (Å²) in [6.07, 6.45) is 7.00. The lowest BCUT2D eigenvalue weighted by Gasteiger charge is -2.26. The van der Waals surface area contributed by atoms with Crippen LogP contribution in [0.15, 0.2) is 231 Å². The minimum Gasteiger partial charge on any atom is -0.488 e. The second kappa shape index (κ2) is 15.5. The number of para-hydroxylation sites is 4. The highest BCUT2D eigenvalue weighted by molar-refractivity contribution is 6.09. The molecule has 10 aromatic rings. The molecule has 2 atom stereocenters. The van der Waals surface area contributed by atoms with Crippen molar-refractivity contribution in [1.82, 2.24) is 4.57 Å². The molecule has 1 aromatic heterocycles. The Labute approximate surface area is 368 Å². The minimum absolute atomic E-state index is 0.224. The van der Waals surface area contributed by atoms with Crippen molar-refractivity contribution in [3.8, 4) is 55.9 Å². The highest BCUT2D eigenvalue weighted by Crippen LogP contribution is 2.48. The van der Waals surface area contributed by atoms with Crippen LogP contribution in [0.3, 0.4) is 0 Å². The summed E-state index contributed by atoms with van der Waals surface area (Å²) in [6.45, 7) is 0. The number of allylic oxidation sites excluding steroid dienone is 1. The van der Waals surface area contributed by atoms with Gasteiger partial charge in [0.25, 0.3) is 0 Å². The largest absolute Gasteiger partial charge is 0.488 e. The van der Waals surface area contributed by atoms with Gasteiger partial charge in [-0.2, -0.15) is 0 Å². The summed E-state index contributed by atoms with van der Waals surface area (Å²) in [7, 11) is 0. The van der Waals surface area contributed by atoms with E-state index in [1.165, 1.54) is 55.2 Å². The molecule has 0 spiro atoms. The zero-order valence-corrected chi connectivity index (χ0v) is 34.8. The van der Waals surface area contributed by atoms with Crippen molar-refractivity contribution in [2.75, 3.05) is 4.90 Å². The van der Waals surface area contributed by atoms with Crippen LogP contribution in [-0.2, 0) is 0 Å². The van der Waals surface area contributed by atoms with Gasteiger partial charge in [0.15, 0.2) is 0 Å². The SMILES string of the molecule is C1=CC2c3cccc(-c4ccc(N(c5ccc(-c6cccc(-c7ccccc7)c6)cc5)c5ccc(-c6ccccc6-n6c7ccccc7c7ccccc76)cc5)cc4)c3OC2CC1. The van der Waals surface area contributed by atoms with Crippen LogP contribution in [0.1, 0.15) is 24.3 Å². The molecule has 2 aliphatic rings. The fraction of sp³-hybridized carbons (Fsp3) is 0.0667. The zero-order chi connectivity index (χ0) is 41.7. The van der Waals surface area contributed by atoms with E-state index < -0.39 is 0 Å². The fourth-order valence-electron chi connectivity index (χ4n) is 10.0. The average Bonchev–Trinajstić information content (AvgIpc) is 3.91. The van der Waals surface area contributed by atoms with E-state index >= 15 is 0 Å². The Morgan fingerprint density at radius 3 is 1.60 bits per heavy atom. The predicted molar refractivity (Wildman–Crippen MR) is 263 cm³/mol. The molecule has 2 unspecified atom stereocenters. The first-order valence-electron chi connectivity index (χ1n) is 22.1. The Hall–Kier alpha value is -7.88. The lowest BCUT2D eigenvalue weighted by atomic mass is 9.87. The van der Waals surface area contributed by atoms with Crippen LogP contribution >= 0.6 is 0 Å². The van der Waals surface area contributed by atoms with Crippen LogP contribution in [0.5, 0.6) is 5.75 Å². The van der Waals surface area contributed by atoms with Gasteiger partial charge < -0.3 is 14.2 Å². The molecule has 12 rings (SSSR count). The molecule has 3 nitrogen and oxygen atoms in total. The lowest BCUT2D eigenvalue weighted by molar-refractivity contribution is 0.205. The maximum absolute atomic E-state index is 6.65. The van der Waals surface area contributed by atoms with E-state index in [2.05, 4.69) is 240 Å². The molecule has 0 amide bonds. The standard InChI is InChI=1S/C60H44N2O/c1-2-14-41(15-3-1)45-16-12-17-46(40-45)42-28-34-47(35-29-42)61(49-38-32-44(33-39-49)51-22-13-23-55-54-21-7-11-27-59(54)63-60(51)55)48-36-30-43(31-37-48)50-18-4-8-24-56(50)62-57-25-9-5-19-52(57)53-20-6-10-26-58(53)62/h1-10,12-26,28-40,54,59H,11,27H2. The molecule has 1 aliphatic heterocycles. The molecule has 0 N–H and O–H groups in total. The third-order valence-electron chi connectivity index (χ3n) is 13.1. The van der Waals surface area contributed by atoms with Gasteiger partial charge in [0.2, 0.25) is 0 Å². The minimum atomic E-state index is 0.224. The molecule has 1 aliphatic carbocycles. The average molecular weight is 809 g/mol. The normalized spacial score (nSPS) is 15.2. The molecule has 0 fully saturated rings. The quantitative estimate of drug-likeness (QED) is 0.142. The number of benzene rings is 9. The molecule has 0 bridgehead atoms. The summed E-state index contributed by atoms with van der Waals surface area (Å²) in [5.74, 6) is 1.37. The van der Waals surface area contributed by atoms with Gasteiger partial charge in [-0.1, -0.05) is 170 Å². The topological polar surface area (TPSA) is 17.4 Å². The van der Waals surface area contributed by atoms with Gasteiger partial charge in [0.1, 0.15) is 11.9 Å². The Morgan fingerprint density at radius 1 is 0.429 bits per heavy atom. The smallest absolute Gasteiger partial charge is 0.131 e. The molecule has 2 heterocycles. The van der Waals surface area contributed by atoms with E-state index in [9.17, 15) is 0 Å². The Morgan fingerprint density at radius 2 is 0.937 bits per heavy atom. The highest BCUT2D eigenvalue weighted by atomic mass is 16.5. The first-order valence-corrected chi connectivity index (χ1v) is 22.1. The Balaban J connectivity index is 0.929. The van der Waals surface area contributed by atoms with E-state index in [0.717, 1.165) is 58.0 Å². The van der Waals surface area contributed by atoms with Gasteiger partial charge in [-0.3, -0.25) is 0 Å². The number of rotatable bonds is 8. The molecular formula is C60H44N2O. The molecular weight excluding hydrogens is 765 g/mol. The van der Waals surface area contributed by atoms with Crippen molar-refractivity contribution in [2.45, 2.75) is 24.9 Å². The summed E-state index contributed by atoms with van der Waals surface area (Å²) in [4.78, 5) is 2.36. The van der Waals surface area contributed by atoms with Gasteiger partial charge in [0, 0.05) is 50.4 Å². The van der Waals surface area contributed by atoms with Crippen LogP contribution in [0.25, 0.3) is 72.0 Å². The number of hydrogen-bond acceptors (Lipinski definition) is 2. The molecule has 0 radical (unpaired) electrons. The fourth-order valence-corrected chi connectivity index (χ4v) is 10.0. The maximum atomic E-state index is 6.65. The highest BCUT2D eigenvalue weighted by Gasteiger charge is 2.35. The second-order valence-electron chi connectivity index (χ2n) is 16.7. The number of hydrogen-bond donors (Lipinski definition) is 0. The summed E-state index contributed by atoms with van der Waals surface area (Å²) >= 11 is 0. The molecule has 300 valence electrons. The van der Waals surface area contributed by atoms with Crippen LogP contribution in [-0.4, -0.2) is 10.7 Å². The zero-order valence-electron chi connectivity index (χ0n) is 34.8. The van der Waals surface area contributed by atoms with Crippen molar-refractivity contribution < 1.29 is 4.74 Å². The number of fused-ring (bicyclic) bond motifs is 6. The predicted octanol–water partition coefficient (Wildman–Crippen LogP) is 16.1. The second-order valence-corrected chi connectivity index (χ2v) is 16.7. The molecule has 9 aromatic carbocycles. The first kappa shape index (κ1) is 36.9. The van der Waals surface area contributed by atoms with E-state index in [1.54, 1.807) is 0 Å². The third kappa shape index (κ3) is 6.52. The molecule has 3 heteroatoms. The summed E-state index contributed by atoms with van der Waals surface area (Å²) in [6, 6.07) is 79.3. The van der Waals surface area contributed by atoms with Crippen molar-refractivity contribution in [1.29, 1.82) is 0 Å². The summed E-state index contributed by atoms with van der Waals surface area (Å²) in [5.41, 5.74) is 17.6. The third-order valence-corrected chi connectivity index (χ3v) is 13.1. The van der Waals surface area contributed by atoms with Crippen LogP contribution in [0.4, 0.5) is 17.1 Å². The van der Waals surface area contributed by atoms with Crippen LogP contribution in [0, 0.1) is 0 Å². The van der Waals surface area contributed by atoms with Crippen molar-refractivity contribution in [2.24, 2.45) is 0 Å². The van der Waals surface area contributed by atoms with E-state index in [1.807, 2.05) is 0 Å². The Bertz CT molecular complexity index is 3250. The van der Waals surface area contributed by atoms with E-state index in [4.69, 9.17) is 4.74 Å². The number of aromatic nitrogens is 1. The van der Waals surface area contributed by atoms with E-state index in [-0.39, 0.29) is 6.10 Å². The molecule has 63 heavy (non-hydrogen) atoms. The first-order chi connectivity index (χ1) is 31.2. The Kier molecular flexibility index (Phi) is 9.11. The van der Waals surface area contributed by atoms with Crippen molar-refractivity contribution in [3.05, 3.63) is 236 Å². The molecule has 0 saturated carbocycles. The van der Waals surface area contributed by atoms with Gasteiger partial charge in [-0.15, -0.1) is 0 Å². The van der Waals surface area contributed by atoms with Crippen molar-refractivity contribution >= 4 is 38.9 Å². The maximum Gasteiger partial charge on any atom is 0.131 e. The number of anilines is 3. The van der Waals surface area contributed by atoms with Gasteiger partial charge in [-0.25, -0.2) is 0 Å². The van der Waals surface area contributed by atoms with Crippen LogP contribution in [0.2, 0.25) is 0 Å². The lowest BCUT2D eigenvalue weighted by Crippen LogP contribution is -2.19. The summed E-state index contributed by atoms with van der Waals surface area (Å²) < 4.78 is 9.06. The number of ether oxygens (including phenoxy) is 1. The van der Waals surface area contributed by atoms with Crippen LogP contribution < -0.4 is 9.64 Å². The van der Waals surface area contributed by atoms with E-state index in [0.29, 0.717) is 5.92 Å². The monoisotopic (exact) mass is 808 g/mol. The van der Waals surface area contributed by atoms with Gasteiger partial charge in [-0.05, 0) is 107 Å². The molecule has 0 saturated heterocycles. The summed E-state index contributed by atoms with van der Waals surface area (Å²) in [5, 5.41) is 2.52. The van der Waals surface area contributed by atoms with Crippen molar-refractivity contribution in [3.63, 3.8) is 0 Å². The number of nitrogens with zero attached hydrogens (tertiary/aromatic N) is 2. The van der Waals surface area contributed by atoms with Gasteiger partial charge in [0.05, 0.1) is 16.7 Å².